The van der Waals surface area contributed by atoms with Crippen LogP contribution in [0.1, 0.15) is 19.3 Å². The lowest BCUT2D eigenvalue weighted by molar-refractivity contribution is 0.881. The van der Waals surface area contributed by atoms with Gasteiger partial charge in [0.05, 0.1) is 5.70 Å². The van der Waals surface area contributed by atoms with Gasteiger partial charge in [-0.2, -0.15) is 0 Å². The molecule has 0 aromatic rings. The summed E-state index contributed by atoms with van der Waals surface area (Å²) in [5, 5.41) is 0. The summed E-state index contributed by atoms with van der Waals surface area (Å²) >= 11 is 0.00759. The minimum absolute atomic E-state index is 0.00759. The molecule has 2 rings (SSSR count). The zero-order valence-electron chi connectivity index (χ0n) is 4.45. The first-order valence-electron chi connectivity index (χ1n) is 2.79. The molecular weight excluding hydrogens is 215 g/mol. The van der Waals surface area contributed by atoms with Crippen LogP contribution in [0.4, 0.5) is 0 Å². The predicted octanol–water partition coefficient (Wildman–Crippen LogP) is 2.05. The van der Waals surface area contributed by atoms with Gasteiger partial charge < -0.3 is 3.53 Å². The molecule has 0 unspecified atom stereocenters. The number of hydrogen-bond acceptors (Lipinski definition) is 2. The normalized spacial score (nSPS) is 25.0. The van der Waals surface area contributed by atoms with Gasteiger partial charge in [0.25, 0.3) is 0 Å². The molecule has 0 saturated carbocycles. The fourth-order valence-corrected chi connectivity index (χ4v) is 2.86. The van der Waals surface area contributed by atoms with E-state index in [1.54, 1.807) is 0 Å². The topological polar surface area (TPSA) is 24.4 Å². The quantitative estimate of drug-likeness (QED) is 0.492. The zero-order valence-corrected chi connectivity index (χ0v) is 6.60. The molecule has 1 aliphatic carbocycles. The predicted molar refractivity (Wildman–Crippen MR) is 40.5 cm³/mol. The molecule has 0 radical (unpaired) electrons. The van der Waals surface area contributed by atoms with Crippen molar-refractivity contribution in [2.24, 2.45) is 3.15 Å². The summed E-state index contributed by atoms with van der Waals surface area (Å²) in [6, 6.07) is 0. The lowest BCUT2D eigenvalue weighted by atomic mass is 10.3. The van der Waals surface area contributed by atoms with Gasteiger partial charge in [-0.3, -0.25) is 0 Å². The fourth-order valence-electron chi connectivity index (χ4n) is 1.05. The molecule has 1 aliphatic heterocycles. The monoisotopic (exact) mass is 222 g/mol. The summed E-state index contributed by atoms with van der Waals surface area (Å²) in [7, 11) is 0. The van der Waals surface area contributed by atoms with Crippen LogP contribution in [0.25, 0.3) is 0 Å². The molecular formula is C5H7IN2. The van der Waals surface area contributed by atoms with Crippen LogP contribution in [-0.4, -0.2) is 0 Å². The third kappa shape index (κ3) is 0.604. The molecule has 0 atom stereocenters. The summed E-state index contributed by atoms with van der Waals surface area (Å²) in [5.41, 5.74) is 2.84. The second-order valence-corrected chi connectivity index (χ2v) is 3.55. The maximum Gasteiger partial charge on any atom is 0.118 e. The second-order valence-electron chi connectivity index (χ2n) is 2.04. The molecule has 3 heteroatoms. The molecule has 2 aliphatic rings. The van der Waals surface area contributed by atoms with E-state index in [-0.39, 0.29) is 21.3 Å². The maximum absolute atomic E-state index is 4.38. The van der Waals surface area contributed by atoms with E-state index in [0.29, 0.717) is 0 Å². The molecule has 0 aromatic carbocycles. The van der Waals surface area contributed by atoms with Gasteiger partial charge in [-0.15, -0.1) is 0 Å². The average Bonchev–Trinajstić information content (AvgIpc) is 2.15. The highest BCUT2D eigenvalue weighted by molar-refractivity contribution is 14.1. The fraction of sp³-hybridized carbons (Fsp3) is 0.600. The van der Waals surface area contributed by atoms with Crippen molar-refractivity contribution in [2.75, 3.05) is 0 Å². The second kappa shape index (κ2) is 1.79. The van der Waals surface area contributed by atoms with Crippen molar-refractivity contribution >= 4 is 21.3 Å². The number of nitrogens with one attached hydrogen (secondary N) is 1. The average molecular weight is 222 g/mol. The van der Waals surface area contributed by atoms with Crippen molar-refractivity contribution in [1.82, 2.24) is 3.53 Å². The van der Waals surface area contributed by atoms with E-state index in [1.165, 1.54) is 30.7 Å². The van der Waals surface area contributed by atoms with Gasteiger partial charge in [0.2, 0.25) is 0 Å². The number of rotatable bonds is 0. The van der Waals surface area contributed by atoms with Crippen LogP contribution in [0, 0.1) is 0 Å². The third-order valence-electron chi connectivity index (χ3n) is 1.49. The number of halogens is 1. The van der Waals surface area contributed by atoms with Gasteiger partial charge in [0.15, 0.2) is 0 Å². The van der Waals surface area contributed by atoms with Crippen molar-refractivity contribution in [2.45, 2.75) is 19.3 Å². The molecule has 8 heavy (non-hydrogen) atoms. The van der Waals surface area contributed by atoms with Crippen molar-refractivity contribution in [3.63, 3.8) is 0 Å². The van der Waals surface area contributed by atoms with Gasteiger partial charge >= 0.3 is 0 Å². The van der Waals surface area contributed by atoms with E-state index in [0.717, 1.165) is 0 Å². The molecule has 44 valence electrons. The van der Waals surface area contributed by atoms with E-state index in [1.807, 2.05) is 0 Å². The zero-order chi connectivity index (χ0) is 5.40. The highest BCUT2D eigenvalue weighted by Crippen LogP contribution is 2.32. The summed E-state index contributed by atoms with van der Waals surface area (Å²) in [6.07, 6.45) is 3.82. The van der Waals surface area contributed by atoms with Gasteiger partial charge in [-0.05, 0) is 19.3 Å². The van der Waals surface area contributed by atoms with Gasteiger partial charge in [-0.1, -0.05) is 0 Å². The molecule has 1 N–H and O–H groups in total. The first-order chi connectivity index (χ1) is 3.97. The Labute approximate surface area is 58.9 Å². The van der Waals surface area contributed by atoms with Gasteiger partial charge in [-0.25, -0.2) is 3.15 Å². The van der Waals surface area contributed by atoms with Crippen molar-refractivity contribution in [3.8, 4) is 0 Å². The highest BCUT2D eigenvalue weighted by Gasteiger charge is 2.16. The van der Waals surface area contributed by atoms with Crippen LogP contribution < -0.4 is 3.53 Å². The Bertz CT molecular complexity index is 171. The largest absolute Gasteiger partial charge is 0.321 e. The van der Waals surface area contributed by atoms with Gasteiger partial charge in [0, 0.05) is 5.70 Å². The maximum atomic E-state index is 4.38. The molecule has 0 aromatic heterocycles. The molecule has 0 saturated heterocycles. The van der Waals surface area contributed by atoms with Crippen LogP contribution >= 0.6 is 21.3 Å². The Hall–Kier alpha value is 0.0700. The molecule has 1 heterocycles. The van der Waals surface area contributed by atoms with E-state index in [9.17, 15) is 0 Å². The number of allylic oxidation sites excluding steroid dienone is 2. The number of nitrogens with zero attached hydrogens (tertiary/aromatic N) is 1. The third-order valence-corrected chi connectivity index (χ3v) is 3.21. The number of hydrogen-bond donors (Lipinski definition) is 1. The molecule has 0 amide bonds. The lowest BCUT2D eigenvalue weighted by Gasteiger charge is -1.89. The first kappa shape index (κ1) is 4.90. The highest BCUT2D eigenvalue weighted by atomic mass is 127. The Kier molecular flexibility index (Phi) is 1.10. The minimum Gasteiger partial charge on any atom is -0.321 e. The summed E-state index contributed by atoms with van der Waals surface area (Å²) in [4.78, 5) is 0. The molecule has 0 bridgehead atoms. The molecule has 0 spiro atoms. The Morgan fingerprint density at radius 2 is 2.50 bits per heavy atom. The summed E-state index contributed by atoms with van der Waals surface area (Å²) < 4.78 is 7.72. The van der Waals surface area contributed by atoms with E-state index in [2.05, 4.69) is 6.68 Å². The van der Waals surface area contributed by atoms with Crippen molar-refractivity contribution in [1.29, 1.82) is 0 Å². The summed E-state index contributed by atoms with van der Waals surface area (Å²) in [5.74, 6) is 0. The Morgan fingerprint density at radius 3 is 3.38 bits per heavy atom. The first-order valence-corrected chi connectivity index (χ1v) is 4.83. The molecule has 0 fully saturated rings. The van der Waals surface area contributed by atoms with Crippen molar-refractivity contribution < 1.29 is 0 Å². The Balaban J connectivity index is 2.33. The van der Waals surface area contributed by atoms with E-state index in [4.69, 9.17) is 0 Å². The van der Waals surface area contributed by atoms with E-state index >= 15 is 0 Å². The smallest absolute Gasteiger partial charge is 0.118 e. The van der Waals surface area contributed by atoms with Crippen LogP contribution in [-0.2, 0) is 0 Å². The van der Waals surface area contributed by atoms with Crippen molar-refractivity contribution in [3.05, 3.63) is 11.4 Å². The SMILES string of the molecule is C1CC2=C(C1)NI=N2. The standard InChI is InChI=1S/C5H7IN2/c1-2-4-5(3-1)8-6-7-4/h1-3H2,(H,7,8). The summed E-state index contributed by atoms with van der Waals surface area (Å²) in [6.45, 7) is 0. The van der Waals surface area contributed by atoms with Crippen LogP contribution in [0.3, 0.4) is 0 Å². The molecule has 2 nitrogen and oxygen atoms in total. The van der Waals surface area contributed by atoms with Crippen LogP contribution in [0.5, 0.6) is 0 Å². The Morgan fingerprint density at radius 1 is 1.50 bits per heavy atom. The van der Waals surface area contributed by atoms with E-state index < -0.39 is 0 Å². The lowest BCUT2D eigenvalue weighted by Crippen LogP contribution is -1.91. The van der Waals surface area contributed by atoms with Crippen LogP contribution in [0.15, 0.2) is 14.5 Å². The van der Waals surface area contributed by atoms with Gasteiger partial charge in [0.1, 0.15) is 21.3 Å². The minimum atomic E-state index is 0.00759. The van der Waals surface area contributed by atoms with Crippen LogP contribution in [0.2, 0.25) is 0 Å².